The van der Waals surface area contributed by atoms with Gasteiger partial charge in [0.15, 0.2) is 0 Å². The van der Waals surface area contributed by atoms with Crippen LogP contribution >= 0.6 is 0 Å². The first-order valence-corrected chi connectivity index (χ1v) is 7.54. The summed E-state index contributed by atoms with van der Waals surface area (Å²) in [6, 6.07) is 25.8. The average molecular weight is 283 g/mol. The quantitative estimate of drug-likeness (QED) is 0.452. The average Bonchev–Trinajstić information content (AvgIpc) is 2.99. The van der Waals surface area contributed by atoms with Gasteiger partial charge in [-0.15, -0.1) is 0 Å². The molecule has 106 valence electrons. The van der Waals surface area contributed by atoms with E-state index < -0.39 is 0 Å². The van der Waals surface area contributed by atoms with Gasteiger partial charge in [-0.3, -0.25) is 0 Å². The van der Waals surface area contributed by atoms with E-state index in [4.69, 9.17) is 0 Å². The summed E-state index contributed by atoms with van der Waals surface area (Å²) in [5.74, 6) is 0. The van der Waals surface area contributed by atoms with Crippen molar-refractivity contribution in [2.24, 2.45) is 0 Å². The van der Waals surface area contributed by atoms with Crippen molar-refractivity contribution in [3.63, 3.8) is 0 Å². The minimum absolute atomic E-state index is 1.23. The number of nitrogens with zero attached hydrogens (tertiary/aromatic N) is 1. The van der Waals surface area contributed by atoms with Crippen LogP contribution in [0.3, 0.4) is 0 Å². The molecule has 1 heteroatoms. The Bertz CT molecular complexity index is 915. The molecule has 0 N–H and O–H groups in total. The van der Waals surface area contributed by atoms with E-state index in [1.165, 1.54) is 33.3 Å². The highest BCUT2D eigenvalue weighted by atomic mass is 14.9. The largest absolute Gasteiger partial charge is 0.323 e. The second kappa shape index (κ2) is 5.19. The molecule has 0 aliphatic heterocycles. The number of fused-ring (bicyclic) bond motifs is 1. The van der Waals surface area contributed by atoms with Crippen LogP contribution < -0.4 is 0 Å². The second-order valence-corrected chi connectivity index (χ2v) is 5.71. The van der Waals surface area contributed by atoms with Crippen LogP contribution in [0.2, 0.25) is 0 Å². The molecular weight excluding hydrogens is 266 g/mol. The molecule has 0 atom stereocenters. The number of aromatic nitrogens is 1. The summed E-state index contributed by atoms with van der Waals surface area (Å²) in [4.78, 5) is 0. The molecule has 4 rings (SSSR count). The molecule has 0 spiro atoms. The molecule has 0 unspecified atom stereocenters. The van der Waals surface area contributed by atoms with E-state index in [1.807, 2.05) is 6.07 Å². The minimum Gasteiger partial charge on any atom is -0.323 e. The van der Waals surface area contributed by atoms with Gasteiger partial charge in [0.2, 0.25) is 0 Å². The molecule has 0 saturated heterocycles. The van der Waals surface area contributed by atoms with Gasteiger partial charge in [-0.05, 0) is 41.3 Å². The summed E-state index contributed by atoms with van der Waals surface area (Å²) in [5, 5.41) is 0. The fraction of sp³-hybridized carbons (Fsp3) is 0.0476. The van der Waals surface area contributed by atoms with Gasteiger partial charge in [0.25, 0.3) is 0 Å². The zero-order chi connectivity index (χ0) is 14.9. The SMILES string of the molecule is Cc1ccc2cc(-c3ccc(-c4ccccc4)cc3)cn2c1. The van der Waals surface area contributed by atoms with E-state index in [2.05, 4.69) is 90.4 Å². The van der Waals surface area contributed by atoms with Gasteiger partial charge < -0.3 is 4.40 Å². The molecule has 2 aromatic carbocycles. The normalized spacial score (nSPS) is 11.0. The first kappa shape index (κ1) is 12.9. The minimum atomic E-state index is 1.23. The molecule has 0 aliphatic rings. The maximum absolute atomic E-state index is 2.23. The van der Waals surface area contributed by atoms with Gasteiger partial charge >= 0.3 is 0 Å². The van der Waals surface area contributed by atoms with Gasteiger partial charge in [-0.2, -0.15) is 0 Å². The Morgan fingerprint density at radius 1 is 0.591 bits per heavy atom. The fourth-order valence-electron chi connectivity index (χ4n) is 2.86. The smallest absolute Gasteiger partial charge is 0.0456 e. The van der Waals surface area contributed by atoms with Gasteiger partial charge in [0.1, 0.15) is 0 Å². The lowest BCUT2D eigenvalue weighted by Crippen LogP contribution is -1.81. The van der Waals surface area contributed by atoms with E-state index in [1.54, 1.807) is 0 Å². The molecule has 0 saturated carbocycles. The third kappa shape index (κ3) is 2.31. The van der Waals surface area contributed by atoms with E-state index in [9.17, 15) is 0 Å². The number of hydrogen-bond acceptors (Lipinski definition) is 0. The van der Waals surface area contributed by atoms with Crippen LogP contribution in [-0.2, 0) is 0 Å². The predicted octanol–water partition coefficient (Wildman–Crippen LogP) is 5.58. The van der Waals surface area contributed by atoms with Crippen molar-refractivity contribution < 1.29 is 0 Å². The molecule has 0 fully saturated rings. The topological polar surface area (TPSA) is 4.41 Å². The number of rotatable bonds is 2. The third-order valence-corrected chi connectivity index (χ3v) is 4.06. The maximum Gasteiger partial charge on any atom is 0.0456 e. The van der Waals surface area contributed by atoms with Crippen molar-refractivity contribution in [3.8, 4) is 22.3 Å². The van der Waals surface area contributed by atoms with Gasteiger partial charge in [0.05, 0.1) is 0 Å². The summed E-state index contributed by atoms with van der Waals surface area (Å²) >= 11 is 0. The van der Waals surface area contributed by atoms with Crippen molar-refractivity contribution in [2.75, 3.05) is 0 Å². The Hall–Kier alpha value is -2.80. The lowest BCUT2D eigenvalue weighted by molar-refractivity contribution is 1.17. The van der Waals surface area contributed by atoms with Crippen LogP contribution in [0.4, 0.5) is 0 Å². The molecule has 0 radical (unpaired) electrons. The molecule has 2 heterocycles. The molecule has 0 bridgehead atoms. The molecule has 0 aliphatic carbocycles. The molecule has 2 aromatic heterocycles. The first-order valence-electron chi connectivity index (χ1n) is 7.54. The van der Waals surface area contributed by atoms with Crippen molar-refractivity contribution >= 4 is 5.52 Å². The molecular formula is C21H17N. The first-order chi connectivity index (χ1) is 10.8. The summed E-state index contributed by atoms with van der Waals surface area (Å²) < 4.78 is 2.19. The molecule has 22 heavy (non-hydrogen) atoms. The highest BCUT2D eigenvalue weighted by Gasteiger charge is 2.03. The summed E-state index contributed by atoms with van der Waals surface area (Å²) in [5.41, 5.74) is 7.52. The van der Waals surface area contributed by atoms with E-state index in [-0.39, 0.29) is 0 Å². The molecule has 1 nitrogen and oxygen atoms in total. The van der Waals surface area contributed by atoms with Gasteiger partial charge in [0, 0.05) is 23.5 Å². The van der Waals surface area contributed by atoms with Crippen molar-refractivity contribution in [1.29, 1.82) is 0 Å². The van der Waals surface area contributed by atoms with Crippen LogP contribution in [0.25, 0.3) is 27.8 Å². The lowest BCUT2D eigenvalue weighted by Gasteiger charge is -2.03. The summed E-state index contributed by atoms with van der Waals surface area (Å²) in [6.45, 7) is 2.12. The van der Waals surface area contributed by atoms with Crippen LogP contribution in [-0.4, -0.2) is 4.40 Å². The monoisotopic (exact) mass is 283 g/mol. The molecule has 0 amide bonds. The Morgan fingerprint density at radius 2 is 1.23 bits per heavy atom. The van der Waals surface area contributed by atoms with E-state index in [0.29, 0.717) is 0 Å². The highest BCUT2D eigenvalue weighted by Crippen LogP contribution is 2.26. The van der Waals surface area contributed by atoms with Crippen LogP contribution in [0.15, 0.2) is 85.2 Å². The number of hydrogen-bond donors (Lipinski definition) is 0. The zero-order valence-electron chi connectivity index (χ0n) is 12.5. The number of aryl methyl sites for hydroxylation is 1. The summed E-state index contributed by atoms with van der Waals surface area (Å²) in [6.07, 6.45) is 4.36. The van der Waals surface area contributed by atoms with Gasteiger partial charge in [-0.1, -0.05) is 60.7 Å². The van der Waals surface area contributed by atoms with Crippen LogP contribution in [0, 0.1) is 6.92 Å². The predicted molar refractivity (Wildman–Crippen MR) is 93.0 cm³/mol. The second-order valence-electron chi connectivity index (χ2n) is 5.71. The number of pyridine rings is 1. The number of benzene rings is 2. The Kier molecular flexibility index (Phi) is 3.05. The van der Waals surface area contributed by atoms with E-state index in [0.717, 1.165) is 0 Å². The Labute approximate surface area is 130 Å². The lowest BCUT2D eigenvalue weighted by atomic mass is 10.0. The van der Waals surface area contributed by atoms with Crippen molar-refractivity contribution in [3.05, 3.63) is 90.8 Å². The highest BCUT2D eigenvalue weighted by molar-refractivity contribution is 5.73. The Morgan fingerprint density at radius 3 is 1.95 bits per heavy atom. The van der Waals surface area contributed by atoms with Crippen molar-refractivity contribution in [1.82, 2.24) is 4.40 Å². The molecule has 4 aromatic rings. The van der Waals surface area contributed by atoms with Gasteiger partial charge in [-0.25, -0.2) is 0 Å². The van der Waals surface area contributed by atoms with Crippen LogP contribution in [0.5, 0.6) is 0 Å². The van der Waals surface area contributed by atoms with Crippen molar-refractivity contribution in [2.45, 2.75) is 6.92 Å². The fourth-order valence-corrected chi connectivity index (χ4v) is 2.86. The standard InChI is InChI=1S/C21H17N/c1-16-7-12-21-13-20(15-22(21)14-16)19-10-8-18(9-11-19)17-5-3-2-4-6-17/h2-15H,1H3. The zero-order valence-corrected chi connectivity index (χ0v) is 12.5. The Balaban J connectivity index is 1.73. The van der Waals surface area contributed by atoms with Crippen LogP contribution in [0.1, 0.15) is 5.56 Å². The summed E-state index contributed by atoms with van der Waals surface area (Å²) in [7, 11) is 0. The maximum atomic E-state index is 2.23. The van der Waals surface area contributed by atoms with E-state index >= 15 is 0 Å². The third-order valence-electron chi connectivity index (χ3n) is 4.06.